The van der Waals surface area contributed by atoms with Gasteiger partial charge in [0.2, 0.25) is 5.91 Å². The highest BCUT2D eigenvalue weighted by atomic mass is 32.1. The highest BCUT2D eigenvalue weighted by molar-refractivity contribution is 7.19. The lowest BCUT2D eigenvalue weighted by Gasteiger charge is -2.39. The molecule has 1 unspecified atom stereocenters. The van der Waals surface area contributed by atoms with Gasteiger partial charge in [0.25, 0.3) is 0 Å². The van der Waals surface area contributed by atoms with E-state index in [4.69, 9.17) is 21.2 Å². The second-order valence-electron chi connectivity index (χ2n) is 8.68. The number of hydrogen-bond donors (Lipinski definition) is 3. The van der Waals surface area contributed by atoms with E-state index in [0.29, 0.717) is 53.6 Å². The van der Waals surface area contributed by atoms with E-state index in [1.165, 1.54) is 30.8 Å². The molecule has 188 valence electrons. The zero-order chi connectivity index (χ0) is 25.4. The van der Waals surface area contributed by atoms with Crippen molar-refractivity contribution in [2.45, 2.75) is 24.9 Å². The van der Waals surface area contributed by atoms with Gasteiger partial charge in [-0.05, 0) is 31.0 Å². The molecule has 1 amide bonds. The van der Waals surface area contributed by atoms with Crippen molar-refractivity contribution in [1.29, 1.82) is 0 Å². The molecule has 4 aromatic rings. The third-order valence-electron chi connectivity index (χ3n) is 6.32. The maximum atomic E-state index is 14.5. The number of likely N-dealkylation sites (N-methyl/N-ethyl adjacent to an activating group) is 1. The number of rotatable bonds is 6. The topological polar surface area (TPSA) is 150 Å². The van der Waals surface area contributed by atoms with Gasteiger partial charge in [-0.25, -0.2) is 24.3 Å². The number of halogens is 1. The van der Waals surface area contributed by atoms with Crippen LogP contribution >= 0.6 is 11.3 Å². The maximum absolute atomic E-state index is 14.5. The Morgan fingerprint density at radius 1 is 1.33 bits per heavy atom. The Balaban J connectivity index is 1.57. The summed E-state index contributed by atoms with van der Waals surface area (Å²) in [6.45, 7) is 1.38. The van der Waals surface area contributed by atoms with E-state index in [2.05, 4.69) is 25.2 Å². The van der Waals surface area contributed by atoms with Gasteiger partial charge in [-0.15, -0.1) is 0 Å². The number of carbonyl (C=O) groups excluding carboxylic acids is 1. The van der Waals surface area contributed by atoms with Crippen LogP contribution in [0.1, 0.15) is 18.5 Å². The van der Waals surface area contributed by atoms with E-state index in [1.54, 1.807) is 25.5 Å². The van der Waals surface area contributed by atoms with Crippen LogP contribution in [0.15, 0.2) is 30.9 Å². The highest BCUT2D eigenvalue weighted by Gasteiger charge is 2.39. The quantitative estimate of drug-likeness (QED) is 0.352. The summed E-state index contributed by atoms with van der Waals surface area (Å²) in [7, 11) is 3.01. The Bertz CT molecular complexity index is 1440. The first-order chi connectivity index (χ1) is 17.3. The number of hydrogen-bond acceptors (Lipinski definition) is 10. The first-order valence-electron chi connectivity index (χ1n) is 11.3. The summed E-state index contributed by atoms with van der Waals surface area (Å²) in [4.78, 5) is 32.2. The number of nitrogens with two attached hydrogens (primary N) is 2. The van der Waals surface area contributed by atoms with Crippen LogP contribution in [-0.4, -0.2) is 63.2 Å². The van der Waals surface area contributed by atoms with Crippen molar-refractivity contribution in [3.63, 3.8) is 0 Å². The first-order valence-corrected chi connectivity index (χ1v) is 12.2. The third-order valence-corrected chi connectivity index (χ3v) is 7.52. The van der Waals surface area contributed by atoms with Gasteiger partial charge in [0.05, 0.1) is 25.7 Å². The number of thiazole rings is 1. The monoisotopic (exact) mass is 511 g/mol. The van der Waals surface area contributed by atoms with Crippen LogP contribution in [0.25, 0.3) is 21.7 Å². The molecular formula is C23H26FN9O2S. The summed E-state index contributed by atoms with van der Waals surface area (Å²) in [6.07, 6.45) is 4.35. The summed E-state index contributed by atoms with van der Waals surface area (Å²) >= 11 is 1.42. The van der Waals surface area contributed by atoms with Crippen LogP contribution < -0.4 is 26.4 Å². The maximum Gasteiger partial charge on any atom is 0.241 e. The number of benzene rings is 1. The number of amides is 1. The molecule has 4 heterocycles. The third kappa shape index (κ3) is 4.20. The number of nitrogens with one attached hydrogen (secondary N) is 1. The lowest BCUT2D eigenvalue weighted by atomic mass is 9.89. The first kappa shape index (κ1) is 23.9. The fraction of sp³-hybridized carbons (Fsp3) is 0.348. The predicted molar refractivity (Wildman–Crippen MR) is 135 cm³/mol. The summed E-state index contributed by atoms with van der Waals surface area (Å²) < 4.78 is 21.4. The van der Waals surface area contributed by atoms with Crippen molar-refractivity contribution in [3.8, 4) is 16.3 Å². The molecule has 0 spiro atoms. The summed E-state index contributed by atoms with van der Waals surface area (Å²) in [5.41, 5.74) is 13.9. The fourth-order valence-corrected chi connectivity index (χ4v) is 5.58. The molecule has 5 rings (SSSR count). The van der Waals surface area contributed by atoms with Crippen LogP contribution in [0.2, 0.25) is 0 Å². The van der Waals surface area contributed by atoms with Gasteiger partial charge in [0, 0.05) is 25.7 Å². The standard InChI is InChI=1S/C23H26FN9O2S/c1-27-22(34)23(26)6-3-7-32(10-23)21-15(9-33-12-30-17-18(25)28-11-29-19(17)33)31-20(36-21)13-4-5-16(35-2)14(24)8-13/h4-5,8,11-12H,3,6-7,9-10,26H2,1-2H3,(H,27,34)(H2,25,28,29). The molecule has 0 bridgehead atoms. The van der Waals surface area contributed by atoms with E-state index in [9.17, 15) is 9.18 Å². The largest absolute Gasteiger partial charge is 0.494 e. The number of piperidine rings is 1. The Labute approximate surface area is 210 Å². The van der Waals surface area contributed by atoms with E-state index in [0.717, 1.165) is 17.1 Å². The second kappa shape index (κ2) is 9.32. The lowest BCUT2D eigenvalue weighted by Crippen LogP contribution is -2.62. The van der Waals surface area contributed by atoms with Crippen LogP contribution in [0, 0.1) is 5.82 Å². The van der Waals surface area contributed by atoms with Gasteiger partial charge in [0.1, 0.15) is 27.4 Å². The van der Waals surface area contributed by atoms with E-state index in [1.807, 2.05) is 4.57 Å². The van der Waals surface area contributed by atoms with Gasteiger partial charge >= 0.3 is 0 Å². The number of nitrogen functional groups attached to an aromatic ring is 1. The molecule has 1 aromatic carbocycles. The Morgan fingerprint density at radius 3 is 2.92 bits per heavy atom. The van der Waals surface area contributed by atoms with Crippen LogP contribution in [0.3, 0.4) is 0 Å². The SMILES string of the molecule is CNC(=O)C1(N)CCCN(c2sc(-c3ccc(OC)c(F)c3)nc2Cn2cnc3c(N)ncnc32)C1. The molecule has 36 heavy (non-hydrogen) atoms. The number of carbonyl (C=O) groups is 1. The summed E-state index contributed by atoms with van der Waals surface area (Å²) in [5.74, 6) is -0.225. The zero-order valence-corrected chi connectivity index (χ0v) is 20.7. The van der Waals surface area contributed by atoms with Crippen LogP contribution in [-0.2, 0) is 11.3 Å². The average molecular weight is 512 g/mol. The lowest BCUT2D eigenvalue weighted by molar-refractivity contribution is -0.126. The number of imidazole rings is 1. The molecule has 0 radical (unpaired) electrons. The van der Waals surface area contributed by atoms with Crippen LogP contribution in [0.5, 0.6) is 5.75 Å². The molecule has 1 fully saturated rings. The Morgan fingerprint density at radius 2 is 2.17 bits per heavy atom. The molecule has 0 saturated carbocycles. The summed E-state index contributed by atoms with van der Waals surface area (Å²) in [5, 5.41) is 4.16. The van der Waals surface area contributed by atoms with E-state index < -0.39 is 11.4 Å². The summed E-state index contributed by atoms with van der Waals surface area (Å²) in [6, 6.07) is 4.74. The minimum Gasteiger partial charge on any atom is -0.494 e. The number of ether oxygens (including phenoxy) is 1. The molecule has 1 atom stereocenters. The second-order valence-corrected chi connectivity index (χ2v) is 9.66. The molecule has 5 N–H and O–H groups in total. The van der Waals surface area contributed by atoms with Gasteiger partial charge in [-0.2, -0.15) is 0 Å². The molecule has 11 nitrogen and oxygen atoms in total. The molecule has 1 saturated heterocycles. The smallest absolute Gasteiger partial charge is 0.241 e. The number of fused-ring (bicyclic) bond motifs is 1. The fourth-order valence-electron chi connectivity index (χ4n) is 4.48. The molecule has 13 heteroatoms. The Kier molecular flexibility index (Phi) is 6.18. The van der Waals surface area contributed by atoms with Crippen molar-refractivity contribution < 1.29 is 13.9 Å². The van der Waals surface area contributed by atoms with Gasteiger partial charge in [-0.3, -0.25) is 4.79 Å². The number of methoxy groups -OCH3 is 1. The van der Waals surface area contributed by atoms with Crippen molar-refractivity contribution >= 4 is 39.2 Å². The van der Waals surface area contributed by atoms with E-state index in [-0.39, 0.29) is 11.7 Å². The predicted octanol–water partition coefficient (Wildman–Crippen LogP) is 1.77. The molecule has 3 aromatic heterocycles. The zero-order valence-electron chi connectivity index (χ0n) is 19.9. The highest BCUT2D eigenvalue weighted by Crippen LogP contribution is 2.39. The average Bonchev–Trinajstić information content (AvgIpc) is 3.49. The number of anilines is 2. The van der Waals surface area contributed by atoms with Crippen molar-refractivity contribution in [1.82, 2.24) is 29.8 Å². The van der Waals surface area contributed by atoms with Crippen molar-refractivity contribution in [2.24, 2.45) is 5.73 Å². The van der Waals surface area contributed by atoms with Gasteiger partial charge < -0.3 is 31.0 Å². The molecule has 0 aliphatic carbocycles. The molecular weight excluding hydrogens is 485 g/mol. The Hall–Kier alpha value is -3.84. The van der Waals surface area contributed by atoms with E-state index >= 15 is 0 Å². The van der Waals surface area contributed by atoms with Crippen LogP contribution in [0.4, 0.5) is 15.2 Å². The van der Waals surface area contributed by atoms with Gasteiger partial charge in [-0.1, -0.05) is 11.3 Å². The minimum absolute atomic E-state index is 0.160. The number of nitrogens with zero attached hydrogens (tertiary/aromatic N) is 6. The van der Waals surface area contributed by atoms with Crippen molar-refractivity contribution in [3.05, 3.63) is 42.4 Å². The van der Waals surface area contributed by atoms with Gasteiger partial charge in [0.15, 0.2) is 23.0 Å². The number of aromatic nitrogens is 5. The molecule has 1 aliphatic heterocycles. The minimum atomic E-state index is -1.02. The molecule has 1 aliphatic rings. The van der Waals surface area contributed by atoms with Crippen molar-refractivity contribution in [2.75, 3.05) is 37.9 Å². The normalized spacial score (nSPS) is 17.9.